The summed E-state index contributed by atoms with van der Waals surface area (Å²) in [5.41, 5.74) is 3.47. The largest absolute Gasteiger partial charge is 0.507 e. The number of hydrogen-bond acceptors (Lipinski definition) is 6. The van der Waals surface area contributed by atoms with Gasteiger partial charge < -0.3 is 24.4 Å². The van der Waals surface area contributed by atoms with Gasteiger partial charge in [0.2, 0.25) is 0 Å². The third kappa shape index (κ3) is 6.06. The van der Waals surface area contributed by atoms with Crippen LogP contribution >= 0.6 is 0 Å². The maximum absolute atomic E-state index is 13.2. The normalized spacial score (nSPS) is 16.8. The highest BCUT2D eigenvalue weighted by atomic mass is 16.5. The summed E-state index contributed by atoms with van der Waals surface area (Å²) in [5.74, 6) is -0.189. The predicted molar refractivity (Wildman–Crippen MR) is 147 cm³/mol. The highest BCUT2D eigenvalue weighted by molar-refractivity contribution is 6.46. The molecule has 1 fully saturated rings. The van der Waals surface area contributed by atoms with Crippen LogP contribution in [0.1, 0.15) is 35.2 Å². The summed E-state index contributed by atoms with van der Waals surface area (Å²) in [7, 11) is 3.82. The summed E-state index contributed by atoms with van der Waals surface area (Å²) in [6, 6.07) is 21.6. The van der Waals surface area contributed by atoms with Crippen LogP contribution in [0.4, 0.5) is 0 Å². The number of benzene rings is 3. The number of likely N-dealkylation sites (tertiary alicyclic amines) is 1. The molecule has 1 amide bonds. The molecule has 7 nitrogen and oxygen atoms in total. The molecule has 1 N–H and O–H groups in total. The number of amides is 1. The lowest BCUT2D eigenvalue weighted by atomic mass is 9.95. The molecule has 0 saturated carbocycles. The zero-order valence-electron chi connectivity index (χ0n) is 22.3. The van der Waals surface area contributed by atoms with E-state index in [1.807, 2.05) is 75.3 Å². The number of rotatable bonds is 10. The van der Waals surface area contributed by atoms with Gasteiger partial charge in [0, 0.05) is 18.7 Å². The first-order valence-corrected chi connectivity index (χ1v) is 12.7. The van der Waals surface area contributed by atoms with Crippen molar-refractivity contribution >= 4 is 17.4 Å². The number of ketones is 1. The molecule has 3 aromatic carbocycles. The Morgan fingerprint density at radius 3 is 2.24 bits per heavy atom. The number of aliphatic hydroxyl groups excluding tert-OH is 1. The number of carbonyl (C=O) groups is 2. The van der Waals surface area contributed by atoms with Gasteiger partial charge in [0.25, 0.3) is 11.7 Å². The summed E-state index contributed by atoms with van der Waals surface area (Å²) in [4.78, 5) is 29.8. The molecule has 0 bridgehead atoms. The lowest BCUT2D eigenvalue weighted by molar-refractivity contribution is -0.140. The molecule has 1 atom stereocenters. The fourth-order valence-corrected chi connectivity index (χ4v) is 4.51. The number of nitrogens with zero attached hydrogens (tertiary/aromatic N) is 2. The van der Waals surface area contributed by atoms with Crippen molar-refractivity contribution in [3.8, 4) is 11.5 Å². The molecule has 1 saturated heterocycles. The number of carbonyl (C=O) groups excluding carboxylic acids is 2. The van der Waals surface area contributed by atoms with Crippen LogP contribution in [0, 0.1) is 6.92 Å². The second-order valence-electron chi connectivity index (χ2n) is 9.60. The van der Waals surface area contributed by atoms with E-state index in [1.165, 1.54) is 4.90 Å². The molecule has 1 aliphatic rings. The minimum atomic E-state index is -0.706. The van der Waals surface area contributed by atoms with Gasteiger partial charge in [-0.25, -0.2) is 0 Å². The van der Waals surface area contributed by atoms with E-state index >= 15 is 0 Å². The average molecular weight is 515 g/mol. The van der Waals surface area contributed by atoms with Crippen LogP contribution in [0.3, 0.4) is 0 Å². The van der Waals surface area contributed by atoms with Crippen LogP contribution in [0.2, 0.25) is 0 Å². The molecule has 3 aromatic rings. The maximum Gasteiger partial charge on any atom is 0.295 e. The molecule has 38 heavy (non-hydrogen) atoms. The predicted octanol–water partition coefficient (Wildman–Crippen LogP) is 4.96. The quantitative estimate of drug-likeness (QED) is 0.234. The van der Waals surface area contributed by atoms with E-state index in [-0.39, 0.29) is 11.3 Å². The SMILES string of the molecule is CCOc1ccc([C@@H]2/C(=C(\O)c3ccc(OCc4cccc(C)c4)cc3)C(=O)C(=O)N2CCN(C)C)cc1. The first kappa shape index (κ1) is 26.9. The highest BCUT2D eigenvalue weighted by Gasteiger charge is 2.45. The van der Waals surface area contributed by atoms with Crippen molar-refractivity contribution in [2.45, 2.75) is 26.5 Å². The Balaban J connectivity index is 1.64. The molecular weight excluding hydrogens is 480 g/mol. The minimum absolute atomic E-state index is 0.0753. The Hall–Kier alpha value is -4.10. The third-order valence-electron chi connectivity index (χ3n) is 6.45. The second kappa shape index (κ2) is 12.0. The molecular formula is C31H34N2O5. The van der Waals surface area contributed by atoms with E-state index in [2.05, 4.69) is 6.07 Å². The molecule has 0 aromatic heterocycles. The standard InChI is InChI=1S/C31H34N2O5/c1-5-37-25-13-9-23(10-14-25)28-27(30(35)31(36)33(28)18-17-32(3)4)29(34)24-11-15-26(16-12-24)38-20-22-8-6-7-21(2)19-22/h6-16,19,28,34H,5,17-18,20H2,1-4H3/b29-27+/t28-/m1/s1. The van der Waals surface area contributed by atoms with Gasteiger partial charge in [-0.1, -0.05) is 42.0 Å². The summed E-state index contributed by atoms with van der Waals surface area (Å²) < 4.78 is 11.4. The smallest absolute Gasteiger partial charge is 0.295 e. The summed E-state index contributed by atoms with van der Waals surface area (Å²) in [5, 5.41) is 11.3. The van der Waals surface area contributed by atoms with E-state index in [0.717, 1.165) is 16.7 Å². The Labute approximate surface area is 223 Å². The van der Waals surface area contributed by atoms with Gasteiger partial charge >= 0.3 is 0 Å². The first-order valence-electron chi connectivity index (χ1n) is 12.7. The number of Topliss-reactive ketones (excluding diaryl/α,β-unsaturated/α-hetero) is 1. The number of aliphatic hydroxyl groups is 1. The van der Waals surface area contributed by atoms with Gasteiger partial charge in [-0.3, -0.25) is 9.59 Å². The summed E-state index contributed by atoms with van der Waals surface area (Å²) >= 11 is 0. The van der Waals surface area contributed by atoms with Gasteiger partial charge in [-0.2, -0.15) is 0 Å². The topological polar surface area (TPSA) is 79.3 Å². The lowest BCUT2D eigenvalue weighted by Gasteiger charge is -2.26. The zero-order chi connectivity index (χ0) is 27.2. The van der Waals surface area contributed by atoms with Crippen LogP contribution in [0.15, 0.2) is 78.4 Å². The van der Waals surface area contributed by atoms with Crippen LogP contribution < -0.4 is 9.47 Å². The molecule has 1 aliphatic heterocycles. The van der Waals surface area contributed by atoms with Crippen molar-refractivity contribution in [2.75, 3.05) is 33.8 Å². The van der Waals surface area contributed by atoms with Crippen LogP contribution in [-0.4, -0.2) is 60.4 Å². The Bertz CT molecular complexity index is 1310. The van der Waals surface area contributed by atoms with E-state index < -0.39 is 17.7 Å². The molecule has 7 heteroatoms. The number of hydrogen-bond donors (Lipinski definition) is 1. The van der Waals surface area contributed by atoms with Crippen molar-refractivity contribution in [1.29, 1.82) is 0 Å². The van der Waals surface area contributed by atoms with Crippen molar-refractivity contribution in [3.05, 3.63) is 101 Å². The van der Waals surface area contributed by atoms with Crippen LogP contribution in [-0.2, 0) is 16.2 Å². The fourth-order valence-electron chi connectivity index (χ4n) is 4.51. The van der Waals surface area contributed by atoms with Crippen molar-refractivity contribution < 1.29 is 24.2 Å². The van der Waals surface area contributed by atoms with E-state index in [4.69, 9.17) is 9.47 Å². The lowest BCUT2D eigenvalue weighted by Crippen LogP contribution is -2.35. The Morgan fingerprint density at radius 2 is 1.61 bits per heavy atom. The number of aryl methyl sites for hydroxylation is 1. The van der Waals surface area contributed by atoms with Gasteiger partial charge in [0.05, 0.1) is 18.2 Å². The highest BCUT2D eigenvalue weighted by Crippen LogP contribution is 2.39. The molecule has 4 rings (SSSR count). The zero-order valence-corrected chi connectivity index (χ0v) is 22.3. The Kier molecular flexibility index (Phi) is 8.48. The van der Waals surface area contributed by atoms with Crippen molar-refractivity contribution in [2.24, 2.45) is 0 Å². The van der Waals surface area contributed by atoms with Crippen LogP contribution in [0.5, 0.6) is 11.5 Å². The van der Waals surface area contributed by atoms with E-state index in [0.29, 0.717) is 43.4 Å². The second-order valence-corrected chi connectivity index (χ2v) is 9.60. The molecule has 1 heterocycles. The van der Waals surface area contributed by atoms with E-state index in [9.17, 15) is 14.7 Å². The molecule has 0 spiro atoms. The summed E-state index contributed by atoms with van der Waals surface area (Å²) in [6.45, 7) is 5.81. The number of ether oxygens (including phenoxy) is 2. The molecule has 0 unspecified atom stereocenters. The first-order chi connectivity index (χ1) is 18.3. The van der Waals surface area contributed by atoms with Gasteiger partial charge in [0.1, 0.15) is 23.9 Å². The minimum Gasteiger partial charge on any atom is -0.507 e. The molecule has 198 valence electrons. The van der Waals surface area contributed by atoms with E-state index in [1.54, 1.807) is 24.3 Å². The van der Waals surface area contributed by atoms with Gasteiger partial charge in [0.15, 0.2) is 0 Å². The van der Waals surface area contributed by atoms with Crippen molar-refractivity contribution in [1.82, 2.24) is 9.80 Å². The van der Waals surface area contributed by atoms with Crippen molar-refractivity contribution in [3.63, 3.8) is 0 Å². The van der Waals surface area contributed by atoms with Gasteiger partial charge in [-0.05, 0) is 75.5 Å². The fraction of sp³-hybridized carbons (Fsp3) is 0.290. The third-order valence-corrected chi connectivity index (χ3v) is 6.45. The average Bonchev–Trinajstić information content (AvgIpc) is 3.16. The number of likely N-dealkylation sites (N-methyl/N-ethyl adjacent to an activating group) is 1. The Morgan fingerprint density at radius 1 is 0.947 bits per heavy atom. The maximum atomic E-state index is 13.2. The monoisotopic (exact) mass is 514 g/mol. The summed E-state index contributed by atoms with van der Waals surface area (Å²) in [6.07, 6.45) is 0. The molecule has 0 radical (unpaired) electrons. The molecule has 0 aliphatic carbocycles. The van der Waals surface area contributed by atoms with Crippen LogP contribution in [0.25, 0.3) is 5.76 Å². The van der Waals surface area contributed by atoms with Gasteiger partial charge in [-0.15, -0.1) is 0 Å².